The summed E-state index contributed by atoms with van der Waals surface area (Å²) in [5.41, 5.74) is 2.98. The van der Waals surface area contributed by atoms with Crippen molar-refractivity contribution in [2.75, 3.05) is 31.1 Å². The fourth-order valence-electron chi connectivity index (χ4n) is 4.34. The number of amides is 4. The van der Waals surface area contributed by atoms with E-state index >= 15 is 0 Å². The smallest absolute Gasteiger partial charge is 0.322 e. The third kappa shape index (κ3) is 4.10. The van der Waals surface area contributed by atoms with Crippen LogP contribution in [0.4, 0.5) is 10.5 Å². The van der Waals surface area contributed by atoms with E-state index in [0.29, 0.717) is 18.7 Å². The Bertz CT molecular complexity index is 1000. The highest BCUT2D eigenvalue weighted by Crippen LogP contribution is 2.30. The van der Waals surface area contributed by atoms with Gasteiger partial charge in [-0.15, -0.1) is 0 Å². The van der Waals surface area contributed by atoms with E-state index < -0.39 is 17.5 Å². The van der Waals surface area contributed by atoms with Gasteiger partial charge >= 0.3 is 6.03 Å². The second-order valence-corrected chi connectivity index (χ2v) is 8.21. The van der Waals surface area contributed by atoms with Crippen LogP contribution in [0.3, 0.4) is 0 Å². The van der Waals surface area contributed by atoms with Crippen LogP contribution in [0.5, 0.6) is 0 Å². The number of hydrogen-bond acceptors (Lipinski definition) is 5. The van der Waals surface area contributed by atoms with Crippen LogP contribution in [-0.2, 0) is 15.1 Å². The first kappa shape index (κ1) is 20.8. The minimum absolute atomic E-state index is 0.0159. The van der Waals surface area contributed by atoms with Gasteiger partial charge in [-0.2, -0.15) is 0 Å². The third-order valence-corrected chi connectivity index (χ3v) is 6.15. The third-order valence-electron chi connectivity index (χ3n) is 6.15. The number of pyridine rings is 1. The molecule has 3 heterocycles. The second-order valence-electron chi connectivity index (χ2n) is 8.21. The Hall–Kier alpha value is -3.42. The number of hydrogen-bond donors (Lipinski definition) is 2. The summed E-state index contributed by atoms with van der Waals surface area (Å²) in [5.74, 6) is -0.462. The highest BCUT2D eigenvalue weighted by atomic mass is 16.2. The first-order valence-corrected chi connectivity index (χ1v) is 10.5. The lowest BCUT2D eigenvalue weighted by Gasteiger charge is -2.37. The number of urea groups is 1. The standard InChI is InChI=1S/C23H27N5O3/c1-16-5-6-17(2)19(14-16)27-10-12-28(13-11-27)20(29)7-8-23(18-4-3-9-24-15-18)21(30)25-22(31)26-23/h3-6,9,14-15H,7-8,10-13H2,1-2H3,(H2,25,26,30,31). The van der Waals surface area contributed by atoms with Gasteiger partial charge in [0.1, 0.15) is 5.54 Å². The highest BCUT2D eigenvalue weighted by molar-refractivity contribution is 6.07. The van der Waals surface area contributed by atoms with E-state index in [0.717, 1.165) is 13.1 Å². The van der Waals surface area contributed by atoms with Gasteiger partial charge in [-0.25, -0.2) is 4.79 Å². The molecule has 0 radical (unpaired) electrons. The average molecular weight is 422 g/mol. The lowest BCUT2D eigenvalue weighted by atomic mass is 9.86. The van der Waals surface area contributed by atoms with Crippen molar-refractivity contribution in [2.45, 2.75) is 32.2 Å². The molecule has 0 bridgehead atoms. The molecular formula is C23H27N5O3. The molecule has 0 saturated carbocycles. The van der Waals surface area contributed by atoms with Crippen molar-refractivity contribution in [1.82, 2.24) is 20.5 Å². The number of benzene rings is 1. The molecule has 1 atom stereocenters. The van der Waals surface area contributed by atoms with Gasteiger partial charge in [0.25, 0.3) is 5.91 Å². The summed E-state index contributed by atoms with van der Waals surface area (Å²) in [4.78, 5) is 45.6. The van der Waals surface area contributed by atoms with E-state index in [1.54, 1.807) is 24.5 Å². The number of rotatable bonds is 5. The van der Waals surface area contributed by atoms with Crippen molar-refractivity contribution in [2.24, 2.45) is 0 Å². The summed E-state index contributed by atoms with van der Waals surface area (Å²) in [6.45, 7) is 6.97. The van der Waals surface area contributed by atoms with Gasteiger partial charge < -0.3 is 15.1 Å². The van der Waals surface area contributed by atoms with Crippen LogP contribution in [0, 0.1) is 13.8 Å². The normalized spacial score (nSPS) is 21.1. The van der Waals surface area contributed by atoms with E-state index in [1.807, 2.05) is 4.90 Å². The Kier molecular flexibility index (Phi) is 5.63. The number of imide groups is 1. The SMILES string of the molecule is Cc1ccc(C)c(N2CCN(C(=O)CCC3(c4cccnc4)NC(=O)NC3=O)CC2)c1. The molecular weight excluding hydrogens is 394 g/mol. The molecule has 31 heavy (non-hydrogen) atoms. The van der Waals surface area contributed by atoms with Gasteiger partial charge in [0, 0.05) is 56.2 Å². The minimum atomic E-state index is -1.26. The van der Waals surface area contributed by atoms with Crippen LogP contribution in [0.2, 0.25) is 0 Å². The quantitative estimate of drug-likeness (QED) is 0.719. The predicted molar refractivity (Wildman–Crippen MR) is 117 cm³/mol. The monoisotopic (exact) mass is 421 g/mol. The molecule has 2 aliphatic rings. The Labute approximate surface area is 181 Å². The number of nitrogens with zero attached hydrogens (tertiary/aromatic N) is 3. The molecule has 8 heteroatoms. The van der Waals surface area contributed by atoms with Gasteiger partial charge in [-0.1, -0.05) is 18.2 Å². The molecule has 8 nitrogen and oxygen atoms in total. The highest BCUT2D eigenvalue weighted by Gasteiger charge is 2.48. The van der Waals surface area contributed by atoms with Gasteiger partial charge in [0.2, 0.25) is 5.91 Å². The molecule has 0 spiro atoms. The van der Waals surface area contributed by atoms with E-state index in [1.165, 1.54) is 16.8 Å². The van der Waals surface area contributed by atoms with Gasteiger partial charge in [0.15, 0.2) is 0 Å². The predicted octanol–water partition coefficient (Wildman–Crippen LogP) is 1.86. The molecule has 4 rings (SSSR count). The van der Waals surface area contributed by atoms with Gasteiger partial charge in [0.05, 0.1) is 0 Å². The zero-order chi connectivity index (χ0) is 22.0. The largest absolute Gasteiger partial charge is 0.368 e. The van der Waals surface area contributed by atoms with Crippen molar-refractivity contribution < 1.29 is 14.4 Å². The molecule has 4 amide bonds. The van der Waals surface area contributed by atoms with E-state index in [2.05, 4.69) is 52.6 Å². The summed E-state index contributed by atoms with van der Waals surface area (Å²) in [6.07, 6.45) is 3.50. The Morgan fingerprint density at radius 2 is 1.90 bits per heavy atom. The summed E-state index contributed by atoms with van der Waals surface area (Å²) >= 11 is 0. The number of aromatic nitrogens is 1. The topological polar surface area (TPSA) is 94.6 Å². The first-order chi connectivity index (χ1) is 14.9. The zero-order valence-corrected chi connectivity index (χ0v) is 17.9. The maximum atomic E-state index is 12.9. The summed E-state index contributed by atoms with van der Waals surface area (Å²) in [6, 6.07) is 9.32. The molecule has 1 aromatic heterocycles. The molecule has 1 unspecified atom stereocenters. The molecule has 2 aromatic rings. The van der Waals surface area contributed by atoms with Crippen molar-refractivity contribution in [3.05, 3.63) is 59.4 Å². The summed E-state index contributed by atoms with van der Waals surface area (Å²) in [5, 5.41) is 5.01. The molecule has 2 N–H and O–H groups in total. The van der Waals surface area contributed by atoms with Crippen LogP contribution in [0.1, 0.15) is 29.5 Å². The molecule has 162 valence electrons. The Morgan fingerprint density at radius 3 is 2.55 bits per heavy atom. The van der Waals surface area contributed by atoms with E-state index in [4.69, 9.17) is 0 Å². The summed E-state index contributed by atoms with van der Waals surface area (Å²) in [7, 11) is 0. The number of anilines is 1. The fourth-order valence-corrected chi connectivity index (χ4v) is 4.34. The molecule has 2 aliphatic heterocycles. The number of carbonyl (C=O) groups is 3. The van der Waals surface area contributed by atoms with Crippen LogP contribution < -0.4 is 15.5 Å². The van der Waals surface area contributed by atoms with Crippen molar-refractivity contribution in [3.63, 3.8) is 0 Å². The molecule has 1 aromatic carbocycles. The Morgan fingerprint density at radius 1 is 1.13 bits per heavy atom. The summed E-state index contributed by atoms with van der Waals surface area (Å²) < 4.78 is 0. The number of carbonyl (C=O) groups excluding carboxylic acids is 3. The number of nitrogens with one attached hydrogen (secondary N) is 2. The van der Waals surface area contributed by atoms with Crippen molar-refractivity contribution in [1.29, 1.82) is 0 Å². The molecule has 2 fully saturated rings. The first-order valence-electron chi connectivity index (χ1n) is 10.5. The maximum absolute atomic E-state index is 12.9. The van der Waals surface area contributed by atoms with E-state index in [-0.39, 0.29) is 18.7 Å². The lowest BCUT2D eigenvalue weighted by molar-refractivity contribution is -0.132. The number of aryl methyl sites for hydroxylation is 2. The Balaban J connectivity index is 1.40. The van der Waals surface area contributed by atoms with Crippen LogP contribution >= 0.6 is 0 Å². The van der Waals surface area contributed by atoms with Gasteiger partial charge in [-0.3, -0.25) is 19.9 Å². The number of piperazine rings is 1. The van der Waals surface area contributed by atoms with Crippen LogP contribution in [0.25, 0.3) is 0 Å². The molecule has 0 aliphatic carbocycles. The molecule has 2 saturated heterocycles. The second kappa shape index (κ2) is 8.37. The van der Waals surface area contributed by atoms with Crippen molar-refractivity contribution >= 4 is 23.5 Å². The van der Waals surface area contributed by atoms with Crippen LogP contribution in [-0.4, -0.2) is 53.9 Å². The average Bonchev–Trinajstić information content (AvgIpc) is 3.08. The van der Waals surface area contributed by atoms with E-state index in [9.17, 15) is 14.4 Å². The maximum Gasteiger partial charge on any atom is 0.322 e. The van der Waals surface area contributed by atoms with Crippen LogP contribution in [0.15, 0.2) is 42.7 Å². The minimum Gasteiger partial charge on any atom is -0.368 e. The fraction of sp³-hybridized carbons (Fsp3) is 0.391. The zero-order valence-electron chi connectivity index (χ0n) is 17.9. The van der Waals surface area contributed by atoms with Crippen molar-refractivity contribution in [3.8, 4) is 0 Å². The lowest BCUT2D eigenvalue weighted by Crippen LogP contribution is -2.50. The van der Waals surface area contributed by atoms with Gasteiger partial charge in [-0.05, 0) is 43.5 Å².